The summed E-state index contributed by atoms with van der Waals surface area (Å²) in [7, 11) is 0. The van der Waals surface area contributed by atoms with Gasteiger partial charge in [-0.05, 0) is 36.5 Å². The molecule has 0 aliphatic rings. The van der Waals surface area contributed by atoms with Gasteiger partial charge in [0.2, 0.25) is 0 Å². The zero-order valence-corrected chi connectivity index (χ0v) is 13.6. The smallest absolute Gasteiger partial charge is 0.0326 e. The Labute approximate surface area is 116 Å². The highest BCUT2D eigenvalue weighted by molar-refractivity contribution is 4.74. The van der Waals surface area contributed by atoms with Crippen LogP contribution in [0, 0.1) is 17.3 Å². The Hall–Kier alpha value is -0.260. The maximum Gasteiger partial charge on any atom is -0.0326 e. The Morgan fingerprint density at radius 2 is 1.78 bits per heavy atom. The first-order valence-corrected chi connectivity index (χ1v) is 8.04. The van der Waals surface area contributed by atoms with Crippen LogP contribution in [0.1, 0.15) is 86.0 Å². The van der Waals surface area contributed by atoms with Crippen molar-refractivity contribution in [3.8, 4) is 0 Å². The highest BCUT2D eigenvalue weighted by Crippen LogP contribution is 2.35. The van der Waals surface area contributed by atoms with Crippen LogP contribution in [0.4, 0.5) is 0 Å². The largest absolute Gasteiger partial charge is 0.103 e. The molecule has 0 radical (unpaired) electrons. The molecule has 2 unspecified atom stereocenters. The number of allylic oxidation sites excluding steroid dienone is 1. The summed E-state index contributed by atoms with van der Waals surface area (Å²) < 4.78 is 0. The lowest BCUT2D eigenvalue weighted by Crippen LogP contribution is -2.17. The van der Waals surface area contributed by atoms with Gasteiger partial charge in [-0.2, -0.15) is 0 Å². The fraction of sp³-hybridized carbons (Fsp3) is 0.889. The van der Waals surface area contributed by atoms with E-state index < -0.39 is 0 Å². The lowest BCUT2D eigenvalue weighted by Gasteiger charge is -2.30. The quantitative estimate of drug-likeness (QED) is 0.286. The summed E-state index contributed by atoms with van der Waals surface area (Å²) in [6.07, 6.45) is 13.0. The maximum atomic E-state index is 3.82. The van der Waals surface area contributed by atoms with E-state index in [9.17, 15) is 0 Å². The van der Waals surface area contributed by atoms with Gasteiger partial charge in [0.15, 0.2) is 0 Å². The van der Waals surface area contributed by atoms with E-state index in [1.54, 1.807) is 0 Å². The van der Waals surface area contributed by atoms with Gasteiger partial charge in [-0.1, -0.05) is 72.8 Å². The van der Waals surface area contributed by atoms with Gasteiger partial charge < -0.3 is 0 Å². The second-order valence-electron chi connectivity index (χ2n) is 6.99. The number of unbranched alkanes of at least 4 members (excludes halogenated alkanes) is 2. The van der Waals surface area contributed by atoms with E-state index in [2.05, 4.69) is 47.3 Å². The summed E-state index contributed by atoms with van der Waals surface area (Å²) in [5.74, 6) is 1.67. The first kappa shape index (κ1) is 17.7. The first-order chi connectivity index (χ1) is 8.43. The number of hydrogen-bond donors (Lipinski definition) is 0. The highest BCUT2D eigenvalue weighted by atomic mass is 14.3. The molecule has 108 valence electrons. The summed E-state index contributed by atoms with van der Waals surface area (Å²) in [5, 5.41) is 0. The second kappa shape index (κ2) is 9.64. The molecule has 0 heteroatoms. The minimum Gasteiger partial charge on any atom is -0.103 e. The normalized spacial score (nSPS) is 16.6. The van der Waals surface area contributed by atoms with E-state index in [4.69, 9.17) is 0 Å². The summed E-state index contributed by atoms with van der Waals surface area (Å²) >= 11 is 0. The molecule has 0 spiro atoms. The lowest BCUT2D eigenvalue weighted by atomic mass is 9.76. The summed E-state index contributed by atoms with van der Waals surface area (Å²) in [4.78, 5) is 0. The van der Waals surface area contributed by atoms with Crippen molar-refractivity contribution in [3.05, 3.63) is 12.7 Å². The molecule has 0 aromatic heterocycles. The van der Waals surface area contributed by atoms with E-state index in [1.165, 1.54) is 51.4 Å². The molecule has 0 heterocycles. The molecular formula is C18H36. The van der Waals surface area contributed by atoms with E-state index in [0.717, 1.165) is 11.8 Å². The van der Waals surface area contributed by atoms with E-state index in [1.807, 2.05) is 0 Å². The SMILES string of the molecule is C=CCC(C)CCCCCC(C)(CC)CC(C)C. The first-order valence-electron chi connectivity index (χ1n) is 8.04. The Balaban J connectivity index is 3.71. The van der Waals surface area contributed by atoms with Crippen LogP contribution < -0.4 is 0 Å². The third-order valence-electron chi connectivity index (χ3n) is 4.30. The molecule has 0 rings (SSSR count). The number of hydrogen-bond acceptors (Lipinski definition) is 0. The summed E-state index contributed by atoms with van der Waals surface area (Å²) in [6, 6.07) is 0. The predicted octanol–water partition coefficient (Wildman–Crippen LogP) is 6.61. The Morgan fingerprint density at radius 1 is 1.11 bits per heavy atom. The van der Waals surface area contributed by atoms with Crippen LogP contribution in [-0.2, 0) is 0 Å². The van der Waals surface area contributed by atoms with Gasteiger partial charge in [0.25, 0.3) is 0 Å². The van der Waals surface area contributed by atoms with Crippen LogP contribution in [0.3, 0.4) is 0 Å². The molecular weight excluding hydrogens is 216 g/mol. The molecule has 0 saturated carbocycles. The van der Waals surface area contributed by atoms with Gasteiger partial charge in [-0.15, -0.1) is 6.58 Å². The molecule has 0 fully saturated rings. The van der Waals surface area contributed by atoms with Gasteiger partial charge in [0.1, 0.15) is 0 Å². The van der Waals surface area contributed by atoms with Gasteiger partial charge in [0.05, 0.1) is 0 Å². The zero-order valence-electron chi connectivity index (χ0n) is 13.6. The Bertz CT molecular complexity index is 204. The van der Waals surface area contributed by atoms with Crippen molar-refractivity contribution in [2.24, 2.45) is 17.3 Å². The van der Waals surface area contributed by atoms with Crippen molar-refractivity contribution in [3.63, 3.8) is 0 Å². The fourth-order valence-electron chi connectivity index (χ4n) is 3.03. The number of rotatable bonds is 11. The average Bonchev–Trinajstić information content (AvgIpc) is 2.28. The third-order valence-corrected chi connectivity index (χ3v) is 4.30. The van der Waals surface area contributed by atoms with Crippen molar-refractivity contribution in [1.29, 1.82) is 0 Å². The van der Waals surface area contributed by atoms with Crippen molar-refractivity contribution in [1.82, 2.24) is 0 Å². The van der Waals surface area contributed by atoms with Crippen molar-refractivity contribution in [2.75, 3.05) is 0 Å². The monoisotopic (exact) mass is 252 g/mol. The maximum absolute atomic E-state index is 3.82. The summed E-state index contributed by atoms with van der Waals surface area (Å²) in [5.41, 5.74) is 0.584. The topological polar surface area (TPSA) is 0 Å². The second-order valence-corrected chi connectivity index (χ2v) is 6.99. The molecule has 0 bridgehead atoms. The van der Waals surface area contributed by atoms with Crippen LogP contribution in [-0.4, -0.2) is 0 Å². The molecule has 0 aromatic carbocycles. The fourth-order valence-corrected chi connectivity index (χ4v) is 3.03. The van der Waals surface area contributed by atoms with Crippen molar-refractivity contribution >= 4 is 0 Å². The molecule has 0 saturated heterocycles. The standard InChI is InChI=1S/C18H36/c1-7-12-17(5)13-10-9-11-14-18(6,8-2)15-16(3)4/h7,16-17H,1,8-15H2,2-6H3. The predicted molar refractivity (Wildman–Crippen MR) is 84.9 cm³/mol. The molecule has 18 heavy (non-hydrogen) atoms. The molecule has 0 aliphatic heterocycles. The zero-order chi connectivity index (χ0) is 14.0. The minimum atomic E-state index is 0.584. The molecule has 0 amide bonds. The minimum absolute atomic E-state index is 0.584. The van der Waals surface area contributed by atoms with Gasteiger partial charge in [-0.3, -0.25) is 0 Å². The molecule has 0 aliphatic carbocycles. The highest BCUT2D eigenvalue weighted by Gasteiger charge is 2.22. The summed E-state index contributed by atoms with van der Waals surface area (Å²) in [6.45, 7) is 15.7. The molecule has 0 aromatic rings. The van der Waals surface area contributed by atoms with Crippen LogP contribution in [0.15, 0.2) is 12.7 Å². The van der Waals surface area contributed by atoms with Gasteiger partial charge >= 0.3 is 0 Å². The Morgan fingerprint density at radius 3 is 2.28 bits per heavy atom. The van der Waals surface area contributed by atoms with Gasteiger partial charge in [0, 0.05) is 0 Å². The van der Waals surface area contributed by atoms with Crippen LogP contribution in [0.5, 0.6) is 0 Å². The van der Waals surface area contributed by atoms with E-state index >= 15 is 0 Å². The third kappa shape index (κ3) is 8.78. The van der Waals surface area contributed by atoms with E-state index in [-0.39, 0.29) is 0 Å². The van der Waals surface area contributed by atoms with Crippen molar-refractivity contribution < 1.29 is 0 Å². The lowest BCUT2D eigenvalue weighted by molar-refractivity contribution is 0.218. The molecule has 0 N–H and O–H groups in total. The molecule has 0 nitrogen and oxygen atoms in total. The van der Waals surface area contributed by atoms with E-state index in [0.29, 0.717) is 5.41 Å². The van der Waals surface area contributed by atoms with Gasteiger partial charge in [-0.25, -0.2) is 0 Å². The Kier molecular flexibility index (Phi) is 9.50. The van der Waals surface area contributed by atoms with Crippen LogP contribution >= 0.6 is 0 Å². The van der Waals surface area contributed by atoms with Crippen LogP contribution in [0.2, 0.25) is 0 Å². The van der Waals surface area contributed by atoms with Crippen LogP contribution in [0.25, 0.3) is 0 Å². The van der Waals surface area contributed by atoms with Crippen molar-refractivity contribution in [2.45, 2.75) is 86.0 Å². The average molecular weight is 252 g/mol. The molecule has 2 atom stereocenters.